The molecule has 0 bridgehead atoms. The van der Waals surface area contributed by atoms with Crippen LogP contribution < -0.4 is 5.32 Å². The molecule has 0 aromatic heterocycles. The zero-order chi connectivity index (χ0) is 16.4. The van der Waals surface area contributed by atoms with Crippen LogP contribution in [0.25, 0.3) is 45.1 Å². The van der Waals surface area contributed by atoms with Crippen LogP contribution in [0.4, 0.5) is 0 Å². The summed E-state index contributed by atoms with van der Waals surface area (Å²) in [5.74, 6) is 0. The monoisotopic (exact) mass is 316 g/mol. The highest BCUT2D eigenvalue weighted by Gasteiger charge is 2.22. The van der Waals surface area contributed by atoms with E-state index in [1.165, 1.54) is 43.8 Å². The largest absolute Gasteiger partial charge is 0.248 e. The van der Waals surface area contributed by atoms with Crippen LogP contribution in [0, 0.1) is 0 Å². The van der Waals surface area contributed by atoms with Gasteiger partial charge in [-0.15, -0.1) is 0 Å². The molecule has 1 nitrogen and oxygen atoms in total. The number of nitrogens with zero attached hydrogens (tertiary/aromatic N) is 1. The van der Waals surface area contributed by atoms with Crippen molar-refractivity contribution in [3.05, 3.63) is 95.1 Å². The van der Waals surface area contributed by atoms with Gasteiger partial charge in [-0.2, -0.15) is 0 Å². The summed E-state index contributed by atoms with van der Waals surface area (Å²) in [5.41, 5.74) is 7.11. The van der Waals surface area contributed by atoms with E-state index in [1.807, 2.05) is 0 Å². The van der Waals surface area contributed by atoms with Crippen LogP contribution in [0.3, 0.4) is 0 Å². The van der Waals surface area contributed by atoms with Crippen molar-refractivity contribution in [2.45, 2.75) is 0 Å². The van der Waals surface area contributed by atoms with E-state index in [9.17, 15) is 0 Å². The van der Waals surface area contributed by atoms with Crippen molar-refractivity contribution in [1.29, 1.82) is 0 Å². The topological polar surface area (TPSA) is 14.1 Å². The third-order valence-corrected chi connectivity index (χ3v) is 5.25. The lowest BCUT2D eigenvalue weighted by Gasteiger charge is -2.09. The van der Waals surface area contributed by atoms with Crippen molar-refractivity contribution in [2.75, 3.05) is 0 Å². The molecule has 0 amide bonds. The standard InChI is InChI=1S/C24H14N/c1-5-15-7-3-11-19-21(13-17(9-1)23(15)19)25-22-14-18-10-2-6-16-8-4-12-20(22)24(16)18/h1-14H. The summed E-state index contributed by atoms with van der Waals surface area (Å²) in [6.45, 7) is 0. The van der Waals surface area contributed by atoms with Gasteiger partial charge >= 0.3 is 0 Å². The van der Waals surface area contributed by atoms with Crippen LogP contribution in [0.2, 0.25) is 0 Å². The summed E-state index contributed by atoms with van der Waals surface area (Å²) in [6, 6.07) is 25.9. The molecular formula is C24H14N. The molecule has 0 spiro atoms. The molecule has 0 saturated heterocycles. The van der Waals surface area contributed by atoms with E-state index in [0.717, 1.165) is 11.4 Å². The van der Waals surface area contributed by atoms with Crippen LogP contribution in [-0.2, 0) is 0 Å². The summed E-state index contributed by atoms with van der Waals surface area (Å²) < 4.78 is 0. The lowest BCUT2D eigenvalue weighted by molar-refractivity contribution is 1.25. The second-order valence-electron chi connectivity index (χ2n) is 6.67. The molecule has 1 radical (unpaired) electrons. The fourth-order valence-corrected chi connectivity index (χ4v) is 4.17. The summed E-state index contributed by atoms with van der Waals surface area (Å²) in [4.78, 5) is 0. The highest BCUT2D eigenvalue weighted by molar-refractivity contribution is 6.13. The van der Waals surface area contributed by atoms with Gasteiger partial charge < -0.3 is 0 Å². The van der Waals surface area contributed by atoms with Crippen molar-refractivity contribution in [1.82, 2.24) is 5.32 Å². The molecule has 0 N–H and O–H groups in total. The van der Waals surface area contributed by atoms with Crippen molar-refractivity contribution in [2.24, 2.45) is 0 Å². The van der Waals surface area contributed by atoms with E-state index in [2.05, 4.69) is 84.9 Å². The number of hydrogen-bond donors (Lipinski definition) is 0. The van der Waals surface area contributed by atoms with E-state index < -0.39 is 0 Å². The first-order valence-electron chi connectivity index (χ1n) is 8.58. The van der Waals surface area contributed by atoms with E-state index in [0.29, 0.717) is 0 Å². The van der Waals surface area contributed by atoms with Crippen molar-refractivity contribution >= 4 is 45.1 Å². The molecule has 0 unspecified atom stereocenters. The predicted octanol–water partition coefficient (Wildman–Crippen LogP) is 5.92. The molecule has 115 valence electrons. The molecule has 0 fully saturated rings. The Morgan fingerprint density at radius 2 is 0.920 bits per heavy atom. The predicted molar refractivity (Wildman–Crippen MR) is 106 cm³/mol. The van der Waals surface area contributed by atoms with E-state index in [4.69, 9.17) is 5.32 Å². The van der Waals surface area contributed by atoms with E-state index in [1.54, 1.807) is 0 Å². The summed E-state index contributed by atoms with van der Waals surface area (Å²) >= 11 is 0. The van der Waals surface area contributed by atoms with E-state index in [-0.39, 0.29) is 0 Å². The Morgan fingerprint density at radius 3 is 1.40 bits per heavy atom. The lowest BCUT2D eigenvalue weighted by atomic mass is 10.0. The maximum absolute atomic E-state index is 5.08. The number of benzene rings is 4. The van der Waals surface area contributed by atoms with Gasteiger partial charge in [0, 0.05) is 11.1 Å². The Labute approximate surface area is 145 Å². The minimum atomic E-state index is 1.06. The van der Waals surface area contributed by atoms with Crippen molar-refractivity contribution in [3.8, 4) is 0 Å². The number of rotatable bonds is 2. The average Bonchev–Trinajstić information content (AvgIpc) is 3.18. The van der Waals surface area contributed by atoms with Gasteiger partial charge in [-0.25, -0.2) is 5.32 Å². The lowest BCUT2D eigenvalue weighted by Crippen LogP contribution is -2.00. The van der Waals surface area contributed by atoms with Crippen LogP contribution >= 0.6 is 0 Å². The molecule has 0 heterocycles. The van der Waals surface area contributed by atoms with E-state index >= 15 is 0 Å². The maximum Gasteiger partial charge on any atom is 0.0722 e. The molecule has 4 aromatic carbocycles. The molecule has 0 atom stereocenters. The minimum Gasteiger partial charge on any atom is -0.248 e. The van der Waals surface area contributed by atoms with Gasteiger partial charge in [0.25, 0.3) is 0 Å². The number of hydrogen-bond acceptors (Lipinski definition) is 0. The van der Waals surface area contributed by atoms with Gasteiger partial charge in [-0.3, -0.25) is 0 Å². The minimum absolute atomic E-state index is 1.06. The van der Waals surface area contributed by atoms with Gasteiger partial charge in [0.1, 0.15) is 0 Å². The molecule has 2 aliphatic rings. The fourth-order valence-electron chi connectivity index (χ4n) is 4.17. The molecule has 0 aliphatic heterocycles. The third kappa shape index (κ3) is 1.72. The SMILES string of the molecule is C1=C([N]C2=Cc3cccc4cccc2c34)c2cccc3cccc1c23. The van der Waals surface area contributed by atoms with Gasteiger partial charge in [-0.05, 0) is 44.8 Å². The Bertz CT molecular complexity index is 1150. The average molecular weight is 316 g/mol. The molecule has 1 heteroatoms. The summed E-state index contributed by atoms with van der Waals surface area (Å²) in [7, 11) is 0. The first kappa shape index (κ1) is 13.0. The Hall–Kier alpha value is -3.32. The smallest absolute Gasteiger partial charge is 0.0722 e. The quantitative estimate of drug-likeness (QED) is 0.436. The molecule has 4 aromatic rings. The maximum atomic E-state index is 5.08. The zero-order valence-corrected chi connectivity index (χ0v) is 13.5. The Morgan fingerprint density at radius 1 is 0.480 bits per heavy atom. The van der Waals surface area contributed by atoms with Crippen LogP contribution in [0.1, 0.15) is 22.3 Å². The van der Waals surface area contributed by atoms with Gasteiger partial charge in [0.15, 0.2) is 0 Å². The molecule has 25 heavy (non-hydrogen) atoms. The van der Waals surface area contributed by atoms with Crippen molar-refractivity contribution < 1.29 is 0 Å². The first-order chi connectivity index (χ1) is 12.4. The Kier molecular flexibility index (Phi) is 2.40. The normalized spacial score (nSPS) is 14.1. The van der Waals surface area contributed by atoms with Crippen LogP contribution in [-0.4, -0.2) is 0 Å². The summed E-state index contributed by atoms with van der Waals surface area (Å²) in [5, 5.41) is 10.3. The fraction of sp³-hybridized carbons (Fsp3) is 0. The Balaban J connectivity index is 1.49. The highest BCUT2D eigenvalue weighted by Crippen LogP contribution is 2.40. The molecule has 0 saturated carbocycles. The second kappa shape index (κ2) is 4.61. The molecular weight excluding hydrogens is 302 g/mol. The second-order valence-corrected chi connectivity index (χ2v) is 6.67. The molecule has 6 rings (SSSR count). The van der Waals surface area contributed by atoms with Crippen molar-refractivity contribution in [3.63, 3.8) is 0 Å². The first-order valence-corrected chi connectivity index (χ1v) is 8.58. The molecule has 2 aliphatic carbocycles. The highest BCUT2D eigenvalue weighted by atomic mass is 14.9. The van der Waals surface area contributed by atoms with Gasteiger partial charge in [0.2, 0.25) is 0 Å². The van der Waals surface area contributed by atoms with Gasteiger partial charge in [-0.1, -0.05) is 72.8 Å². The van der Waals surface area contributed by atoms with Crippen LogP contribution in [0.5, 0.6) is 0 Å². The van der Waals surface area contributed by atoms with Crippen LogP contribution in [0.15, 0.2) is 72.8 Å². The summed E-state index contributed by atoms with van der Waals surface area (Å²) in [6.07, 6.45) is 4.42. The van der Waals surface area contributed by atoms with Gasteiger partial charge in [0.05, 0.1) is 11.4 Å². The third-order valence-electron chi connectivity index (χ3n) is 5.25. The zero-order valence-electron chi connectivity index (χ0n) is 13.5.